The Kier molecular flexibility index (Phi) is 4.59. The minimum Gasteiger partial charge on any atom is -0.290 e. The highest BCUT2D eigenvalue weighted by Gasteiger charge is 2.41. The number of halogens is 3. The second kappa shape index (κ2) is 6.68. The average Bonchev–Trinajstić information content (AvgIpc) is 2.84. The standard InChI is InChI=1S/C18H14F3NO3/c19-18(20,21)25-11-13(10-12-6-2-1-3-7-12)22-16(23)14-8-4-5-9-15(14)17(22)24/h1-9,13H,10-11H2. The first-order valence-corrected chi connectivity index (χ1v) is 7.58. The quantitative estimate of drug-likeness (QED) is 0.777. The van der Waals surface area contributed by atoms with E-state index >= 15 is 0 Å². The van der Waals surface area contributed by atoms with Gasteiger partial charge in [0.25, 0.3) is 11.8 Å². The molecule has 0 fully saturated rings. The Hall–Kier alpha value is -2.67. The van der Waals surface area contributed by atoms with E-state index in [1.54, 1.807) is 42.5 Å². The Morgan fingerprint density at radius 2 is 1.40 bits per heavy atom. The molecule has 1 aliphatic rings. The zero-order chi connectivity index (χ0) is 18.0. The summed E-state index contributed by atoms with van der Waals surface area (Å²) in [4.78, 5) is 25.9. The van der Waals surface area contributed by atoms with Crippen LogP contribution in [0.15, 0.2) is 54.6 Å². The van der Waals surface area contributed by atoms with Crippen molar-refractivity contribution in [2.75, 3.05) is 6.61 Å². The van der Waals surface area contributed by atoms with Gasteiger partial charge in [0.1, 0.15) is 0 Å². The third kappa shape index (κ3) is 3.71. The smallest absolute Gasteiger partial charge is 0.290 e. The third-order valence-electron chi connectivity index (χ3n) is 3.94. The first-order chi connectivity index (χ1) is 11.9. The van der Waals surface area contributed by atoms with E-state index < -0.39 is 30.8 Å². The number of benzene rings is 2. The van der Waals surface area contributed by atoms with Gasteiger partial charge in [-0.1, -0.05) is 42.5 Å². The summed E-state index contributed by atoms with van der Waals surface area (Å²) in [7, 11) is 0. The van der Waals surface area contributed by atoms with Gasteiger partial charge in [-0.3, -0.25) is 19.2 Å². The molecule has 1 atom stereocenters. The number of fused-ring (bicyclic) bond motifs is 1. The number of carbonyl (C=O) groups excluding carboxylic acids is 2. The summed E-state index contributed by atoms with van der Waals surface area (Å²) >= 11 is 0. The summed E-state index contributed by atoms with van der Waals surface area (Å²) in [6.07, 6.45) is -4.77. The van der Waals surface area contributed by atoms with E-state index in [0.717, 1.165) is 4.90 Å². The number of alkyl halides is 3. The molecule has 0 aromatic heterocycles. The number of hydrogen-bond acceptors (Lipinski definition) is 3. The Morgan fingerprint density at radius 3 is 1.92 bits per heavy atom. The van der Waals surface area contributed by atoms with Gasteiger partial charge in [-0.2, -0.15) is 0 Å². The highest BCUT2D eigenvalue weighted by atomic mass is 19.4. The molecule has 0 radical (unpaired) electrons. The second-order valence-electron chi connectivity index (χ2n) is 5.63. The molecule has 1 unspecified atom stereocenters. The molecule has 2 aromatic carbocycles. The molecule has 1 heterocycles. The number of amides is 2. The van der Waals surface area contributed by atoms with Crippen molar-refractivity contribution in [2.45, 2.75) is 18.8 Å². The Balaban J connectivity index is 1.89. The van der Waals surface area contributed by atoms with Crippen molar-refractivity contribution in [3.8, 4) is 0 Å². The summed E-state index contributed by atoms with van der Waals surface area (Å²) in [5, 5.41) is 0. The normalized spacial score (nSPS) is 15.4. The molecule has 0 aliphatic carbocycles. The van der Waals surface area contributed by atoms with Crippen LogP contribution in [0.3, 0.4) is 0 Å². The van der Waals surface area contributed by atoms with Crippen LogP contribution in [0.4, 0.5) is 13.2 Å². The molecule has 3 rings (SSSR count). The van der Waals surface area contributed by atoms with Crippen molar-refractivity contribution < 1.29 is 27.5 Å². The van der Waals surface area contributed by atoms with Crippen LogP contribution >= 0.6 is 0 Å². The van der Waals surface area contributed by atoms with E-state index in [2.05, 4.69) is 4.74 Å². The zero-order valence-corrected chi connectivity index (χ0v) is 13.0. The fourth-order valence-corrected chi connectivity index (χ4v) is 2.84. The molecule has 7 heteroatoms. The van der Waals surface area contributed by atoms with Crippen LogP contribution in [-0.4, -0.2) is 35.7 Å². The minimum absolute atomic E-state index is 0.0718. The number of ether oxygens (including phenoxy) is 1. The lowest BCUT2D eigenvalue weighted by atomic mass is 10.1. The van der Waals surface area contributed by atoms with E-state index in [1.807, 2.05) is 0 Å². The molecule has 0 bridgehead atoms. The predicted molar refractivity (Wildman–Crippen MR) is 82.9 cm³/mol. The fourth-order valence-electron chi connectivity index (χ4n) is 2.84. The molecule has 2 aromatic rings. The van der Waals surface area contributed by atoms with Crippen molar-refractivity contribution in [3.63, 3.8) is 0 Å². The second-order valence-corrected chi connectivity index (χ2v) is 5.63. The molecule has 1 aliphatic heterocycles. The first-order valence-electron chi connectivity index (χ1n) is 7.58. The van der Waals surface area contributed by atoms with Gasteiger partial charge in [0.2, 0.25) is 0 Å². The van der Waals surface area contributed by atoms with Gasteiger partial charge >= 0.3 is 6.36 Å². The van der Waals surface area contributed by atoms with Crippen molar-refractivity contribution in [3.05, 3.63) is 71.3 Å². The highest BCUT2D eigenvalue weighted by Crippen LogP contribution is 2.27. The van der Waals surface area contributed by atoms with Gasteiger partial charge in [0.05, 0.1) is 23.8 Å². The van der Waals surface area contributed by atoms with Gasteiger partial charge in [-0.25, -0.2) is 0 Å². The van der Waals surface area contributed by atoms with Crippen molar-refractivity contribution >= 4 is 11.8 Å². The van der Waals surface area contributed by atoms with Gasteiger partial charge in [-0.15, -0.1) is 13.2 Å². The number of nitrogens with zero attached hydrogens (tertiary/aromatic N) is 1. The van der Waals surface area contributed by atoms with Crippen LogP contribution in [-0.2, 0) is 11.2 Å². The number of hydrogen-bond donors (Lipinski definition) is 0. The van der Waals surface area contributed by atoms with E-state index in [4.69, 9.17) is 0 Å². The first kappa shape index (κ1) is 17.2. The molecule has 25 heavy (non-hydrogen) atoms. The van der Waals surface area contributed by atoms with E-state index in [9.17, 15) is 22.8 Å². The van der Waals surface area contributed by atoms with Crippen LogP contribution < -0.4 is 0 Å². The van der Waals surface area contributed by atoms with Gasteiger partial charge < -0.3 is 0 Å². The summed E-state index contributed by atoms with van der Waals surface area (Å²) < 4.78 is 41.4. The Labute approximate surface area is 141 Å². The van der Waals surface area contributed by atoms with Gasteiger partial charge in [-0.05, 0) is 24.1 Å². The lowest BCUT2D eigenvalue weighted by Gasteiger charge is -2.26. The highest BCUT2D eigenvalue weighted by molar-refractivity contribution is 6.21. The molecule has 0 saturated heterocycles. The molecule has 4 nitrogen and oxygen atoms in total. The molecular formula is C18H14F3NO3. The molecule has 0 saturated carbocycles. The number of imide groups is 1. The van der Waals surface area contributed by atoms with E-state index in [0.29, 0.717) is 5.56 Å². The molecule has 0 spiro atoms. The maximum atomic E-state index is 12.5. The summed E-state index contributed by atoms with van der Waals surface area (Å²) in [6.45, 7) is -0.816. The lowest BCUT2D eigenvalue weighted by molar-refractivity contribution is -0.327. The van der Waals surface area contributed by atoms with Crippen molar-refractivity contribution in [2.24, 2.45) is 0 Å². The van der Waals surface area contributed by atoms with Crippen LogP contribution in [0.2, 0.25) is 0 Å². The maximum Gasteiger partial charge on any atom is 0.522 e. The average molecular weight is 349 g/mol. The lowest BCUT2D eigenvalue weighted by Crippen LogP contribution is -2.45. The zero-order valence-electron chi connectivity index (χ0n) is 13.0. The van der Waals surface area contributed by atoms with Gasteiger partial charge in [0, 0.05) is 0 Å². The summed E-state index contributed by atoms with van der Waals surface area (Å²) in [5.74, 6) is -1.21. The monoisotopic (exact) mass is 349 g/mol. The fraction of sp³-hybridized carbons (Fsp3) is 0.222. The van der Waals surface area contributed by atoms with Crippen LogP contribution in [0.1, 0.15) is 26.3 Å². The SMILES string of the molecule is O=C1c2ccccc2C(=O)N1C(COC(F)(F)F)Cc1ccccc1. The van der Waals surface area contributed by atoms with Crippen LogP contribution in [0.5, 0.6) is 0 Å². The number of carbonyl (C=O) groups is 2. The Bertz CT molecular complexity index is 755. The maximum absolute atomic E-state index is 12.5. The van der Waals surface area contributed by atoms with Crippen LogP contribution in [0.25, 0.3) is 0 Å². The topological polar surface area (TPSA) is 46.6 Å². The van der Waals surface area contributed by atoms with Crippen LogP contribution in [0, 0.1) is 0 Å². The molecule has 0 N–H and O–H groups in total. The third-order valence-corrected chi connectivity index (χ3v) is 3.94. The predicted octanol–water partition coefficient (Wildman–Crippen LogP) is 3.43. The molecule has 2 amide bonds. The summed E-state index contributed by atoms with van der Waals surface area (Å²) in [6, 6.07) is 13.8. The van der Waals surface area contributed by atoms with Gasteiger partial charge in [0.15, 0.2) is 0 Å². The number of rotatable bonds is 5. The molecular weight excluding hydrogens is 335 g/mol. The Morgan fingerprint density at radius 1 is 0.880 bits per heavy atom. The van der Waals surface area contributed by atoms with E-state index in [1.165, 1.54) is 12.1 Å². The van der Waals surface area contributed by atoms with Crippen molar-refractivity contribution in [1.82, 2.24) is 4.90 Å². The minimum atomic E-state index is -4.84. The van der Waals surface area contributed by atoms with Crippen molar-refractivity contribution in [1.29, 1.82) is 0 Å². The molecule has 130 valence electrons. The largest absolute Gasteiger partial charge is 0.522 e. The summed E-state index contributed by atoms with van der Waals surface area (Å²) in [5.41, 5.74) is 1.09. The van der Waals surface area contributed by atoms with E-state index in [-0.39, 0.29) is 17.5 Å².